The normalized spacial score (nSPS) is 10.4. The molecule has 0 saturated carbocycles. The summed E-state index contributed by atoms with van der Waals surface area (Å²) in [6, 6.07) is 14.9. The summed E-state index contributed by atoms with van der Waals surface area (Å²) in [5.41, 5.74) is 11.8. The standard InChI is InChI=1S/C16H20N2/c1-12-4-6-13(7-5-12)10-14-8-9-16(18(2)3)15(17)11-14/h4-9,11H,10,17H2,1-3H3. The fraction of sp³-hybridized carbons (Fsp3) is 0.250. The number of nitrogens with two attached hydrogens (primary N) is 1. The van der Waals surface area contributed by atoms with Gasteiger partial charge in [0.15, 0.2) is 0 Å². The maximum Gasteiger partial charge on any atom is 0.0594 e. The van der Waals surface area contributed by atoms with Gasteiger partial charge < -0.3 is 10.6 Å². The van der Waals surface area contributed by atoms with Gasteiger partial charge in [0.05, 0.1) is 11.4 Å². The smallest absolute Gasteiger partial charge is 0.0594 e. The van der Waals surface area contributed by atoms with Gasteiger partial charge >= 0.3 is 0 Å². The molecule has 0 atom stereocenters. The zero-order chi connectivity index (χ0) is 13.1. The summed E-state index contributed by atoms with van der Waals surface area (Å²) in [7, 11) is 4.01. The highest BCUT2D eigenvalue weighted by Gasteiger charge is 2.03. The minimum Gasteiger partial charge on any atom is -0.397 e. The number of anilines is 2. The van der Waals surface area contributed by atoms with Gasteiger partial charge in [0, 0.05) is 14.1 Å². The average Bonchev–Trinajstić information content (AvgIpc) is 2.32. The first-order chi connectivity index (χ1) is 8.56. The molecule has 0 heterocycles. The second-order valence-electron chi connectivity index (χ2n) is 4.95. The van der Waals surface area contributed by atoms with Gasteiger partial charge in [0.2, 0.25) is 0 Å². The molecule has 0 radical (unpaired) electrons. The quantitative estimate of drug-likeness (QED) is 0.835. The Labute approximate surface area is 109 Å². The molecule has 2 aromatic carbocycles. The second kappa shape index (κ2) is 5.13. The third-order valence-electron chi connectivity index (χ3n) is 3.10. The number of hydrogen-bond acceptors (Lipinski definition) is 2. The van der Waals surface area contributed by atoms with E-state index in [1.54, 1.807) is 0 Å². The van der Waals surface area contributed by atoms with Crippen molar-refractivity contribution in [1.29, 1.82) is 0 Å². The highest BCUT2D eigenvalue weighted by atomic mass is 15.1. The molecule has 0 bridgehead atoms. The number of hydrogen-bond donors (Lipinski definition) is 1. The van der Waals surface area contributed by atoms with E-state index in [0.717, 1.165) is 17.8 Å². The first-order valence-electron chi connectivity index (χ1n) is 6.17. The van der Waals surface area contributed by atoms with Gasteiger partial charge in [-0.25, -0.2) is 0 Å². The molecule has 2 N–H and O–H groups in total. The van der Waals surface area contributed by atoms with E-state index < -0.39 is 0 Å². The van der Waals surface area contributed by atoms with Crippen molar-refractivity contribution in [1.82, 2.24) is 0 Å². The molecule has 2 heteroatoms. The lowest BCUT2D eigenvalue weighted by Gasteiger charge is -2.16. The zero-order valence-electron chi connectivity index (χ0n) is 11.3. The number of rotatable bonds is 3. The Bertz CT molecular complexity index is 527. The molecule has 2 rings (SSSR count). The zero-order valence-corrected chi connectivity index (χ0v) is 11.3. The fourth-order valence-electron chi connectivity index (χ4n) is 2.06. The van der Waals surface area contributed by atoms with Crippen LogP contribution in [0.2, 0.25) is 0 Å². The van der Waals surface area contributed by atoms with E-state index in [-0.39, 0.29) is 0 Å². The molecule has 94 valence electrons. The van der Waals surface area contributed by atoms with E-state index in [1.807, 2.05) is 19.0 Å². The van der Waals surface area contributed by atoms with E-state index in [1.165, 1.54) is 16.7 Å². The van der Waals surface area contributed by atoms with Gasteiger partial charge in [-0.2, -0.15) is 0 Å². The number of nitrogen functional groups attached to an aromatic ring is 1. The minimum absolute atomic E-state index is 0.838. The lowest BCUT2D eigenvalue weighted by atomic mass is 10.0. The van der Waals surface area contributed by atoms with Crippen molar-refractivity contribution in [3.63, 3.8) is 0 Å². The van der Waals surface area contributed by atoms with E-state index in [2.05, 4.69) is 49.4 Å². The Morgan fingerprint density at radius 2 is 1.56 bits per heavy atom. The molecule has 0 fully saturated rings. The highest BCUT2D eigenvalue weighted by Crippen LogP contribution is 2.23. The van der Waals surface area contributed by atoms with Crippen molar-refractivity contribution in [3.05, 3.63) is 59.2 Å². The molecule has 0 spiro atoms. The maximum atomic E-state index is 6.06. The number of nitrogens with zero attached hydrogens (tertiary/aromatic N) is 1. The summed E-state index contributed by atoms with van der Waals surface area (Å²) in [5, 5.41) is 0. The Morgan fingerprint density at radius 3 is 2.11 bits per heavy atom. The Hall–Kier alpha value is -1.96. The predicted molar refractivity (Wildman–Crippen MR) is 79.2 cm³/mol. The molecule has 2 aromatic rings. The van der Waals surface area contributed by atoms with Crippen LogP contribution in [0, 0.1) is 6.92 Å². The van der Waals surface area contributed by atoms with Crippen molar-refractivity contribution >= 4 is 11.4 Å². The molecule has 0 saturated heterocycles. The number of benzene rings is 2. The molecule has 0 unspecified atom stereocenters. The summed E-state index contributed by atoms with van der Waals surface area (Å²) in [6.45, 7) is 2.10. The van der Waals surface area contributed by atoms with Gasteiger partial charge in [0.1, 0.15) is 0 Å². The first kappa shape index (κ1) is 12.5. The molecule has 0 aromatic heterocycles. The van der Waals surface area contributed by atoms with E-state index in [9.17, 15) is 0 Å². The molecule has 18 heavy (non-hydrogen) atoms. The number of aryl methyl sites for hydroxylation is 1. The third kappa shape index (κ3) is 2.83. The van der Waals surface area contributed by atoms with Crippen molar-refractivity contribution < 1.29 is 0 Å². The Balaban J connectivity index is 2.20. The highest BCUT2D eigenvalue weighted by molar-refractivity contribution is 5.68. The van der Waals surface area contributed by atoms with Crippen LogP contribution in [0.25, 0.3) is 0 Å². The summed E-state index contributed by atoms with van der Waals surface area (Å²) >= 11 is 0. The van der Waals surface area contributed by atoms with Crippen molar-refractivity contribution in [2.45, 2.75) is 13.3 Å². The molecular formula is C16H20N2. The molecule has 2 nitrogen and oxygen atoms in total. The van der Waals surface area contributed by atoms with Crippen LogP contribution < -0.4 is 10.6 Å². The summed E-state index contributed by atoms with van der Waals surface area (Å²) in [5.74, 6) is 0. The summed E-state index contributed by atoms with van der Waals surface area (Å²) in [6.07, 6.45) is 0.929. The monoisotopic (exact) mass is 240 g/mol. The molecule has 0 aliphatic heterocycles. The Morgan fingerprint density at radius 1 is 0.944 bits per heavy atom. The van der Waals surface area contributed by atoms with E-state index in [4.69, 9.17) is 5.73 Å². The maximum absolute atomic E-state index is 6.06. The van der Waals surface area contributed by atoms with Gasteiger partial charge in [-0.05, 0) is 36.6 Å². The summed E-state index contributed by atoms with van der Waals surface area (Å²) in [4.78, 5) is 2.03. The van der Waals surface area contributed by atoms with Crippen LogP contribution in [-0.4, -0.2) is 14.1 Å². The third-order valence-corrected chi connectivity index (χ3v) is 3.10. The fourth-order valence-corrected chi connectivity index (χ4v) is 2.06. The summed E-state index contributed by atoms with van der Waals surface area (Å²) < 4.78 is 0. The minimum atomic E-state index is 0.838. The average molecular weight is 240 g/mol. The molecule has 0 aliphatic rings. The van der Waals surface area contributed by atoms with Crippen molar-refractivity contribution in [2.24, 2.45) is 0 Å². The van der Waals surface area contributed by atoms with Crippen LogP contribution >= 0.6 is 0 Å². The van der Waals surface area contributed by atoms with E-state index >= 15 is 0 Å². The van der Waals surface area contributed by atoms with Crippen LogP contribution in [0.5, 0.6) is 0 Å². The van der Waals surface area contributed by atoms with Crippen LogP contribution in [0.4, 0.5) is 11.4 Å². The predicted octanol–water partition coefficient (Wildman–Crippen LogP) is 3.23. The SMILES string of the molecule is Cc1ccc(Cc2ccc(N(C)C)c(N)c2)cc1. The second-order valence-corrected chi connectivity index (χ2v) is 4.95. The lowest BCUT2D eigenvalue weighted by Crippen LogP contribution is -2.11. The van der Waals surface area contributed by atoms with Gasteiger partial charge in [-0.3, -0.25) is 0 Å². The topological polar surface area (TPSA) is 29.3 Å². The van der Waals surface area contributed by atoms with Crippen LogP contribution in [0.15, 0.2) is 42.5 Å². The molecule has 0 amide bonds. The van der Waals surface area contributed by atoms with Gasteiger partial charge in [-0.15, -0.1) is 0 Å². The van der Waals surface area contributed by atoms with Crippen LogP contribution in [0.3, 0.4) is 0 Å². The van der Waals surface area contributed by atoms with Gasteiger partial charge in [0.25, 0.3) is 0 Å². The molecule has 0 aliphatic carbocycles. The van der Waals surface area contributed by atoms with Gasteiger partial charge in [-0.1, -0.05) is 35.9 Å². The van der Waals surface area contributed by atoms with Crippen LogP contribution in [0.1, 0.15) is 16.7 Å². The van der Waals surface area contributed by atoms with Crippen molar-refractivity contribution in [3.8, 4) is 0 Å². The Kier molecular flexibility index (Phi) is 3.56. The lowest BCUT2D eigenvalue weighted by molar-refractivity contribution is 1.12. The molecular weight excluding hydrogens is 220 g/mol. The van der Waals surface area contributed by atoms with Crippen molar-refractivity contribution in [2.75, 3.05) is 24.7 Å². The largest absolute Gasteiger partial charge is 0.397 e. The van der Waals surface area contributed by atoms with E-state index in [0.29, 0.717) is 0 Å². The first-order valence-corrected chi connectivity index (χ1v) is 6.17. The van der Waals surface area contributed by atoms with Crippen LogP contribution in [-0.2, 0) is 6.42 Å².